The second-order valence-electron chi connectivity index (χ2n) is 7.15. The van der Waals surface area contributed by atoms with Crippen LogP contribution in [-0.2, 0) is 22.4 Å². The maximum Gasteiger partial charge on any atom is 0.334 e. The average Bonchev–Trinajstić information content (AvgIpc) is 3.01. The zero-order valence-corrected chi connectivity index (χ0v) is 15.6. The first-order valence-electron chi connectivity index (χ1n) is 8.52. The molecule has 2 rings (SSSR count). The first-order valence-corrected chi connectivity index (χ1v) is 8.52. The fraction of sp³-hybridized carbons (Fsp3) is 0.450. The Bertz CT molecular complexity index is 739. The van der Waals surface area contributed by atoms with E-state index in [0.717, 1.165) is 12.0 Å². The number of nitrogens with zero attached hydrogens (tertiary/aromatic N) is 2. The van der Waals surface area contributed by atoms with E-state index in [2.05, 4.69) is 47.9 Å². The van der Waals surface area contributed by atoms with E-state index in [1.807, 2.05) is 27.7 Å². The average molecular weight is 342 g/mol. The molecule has 1 aromatic heterocycles. The van der Waals surface area contributed by atoms with Gasteiger partial charge in [0.25, 0.3) is 0 Å². The van der Waals surface area contributed by atoms with Crippen LogP contribution in [-0.4, -0.2) is 21.7 Å². The van der Waals surface area contributed by atoms with E-state index in [1.165, 1.54) is 5.56 Å². The van der Waals surface area contributed by atoms with Gasteiger partial charge in [0.2, 0.25) is 5.89 Å². The van der Waals surface area contributed by atoms with Gasteiger partial charge in [0.1, 0.15) is 5.60 Å². The molecule has 0 aliphatic carbocycles. The predicted molar refractivity (Wildman–Crippen MR) is 96.3 cm³/mol. The minimum atomic E-state index is -0.556. The summed E-state index contributed by atoms with van der Waals surface area (Å²) in [5.41, 5.74) is 2.15. The van der Waals surface area contributed by atoms with Crippen LogP contribution >= 0.6 is 0 Å². The molecule has 5 heteroatoms. The summed E-state index contributed by atoms with van der Waals surface area (Å²) in [5.74, 6) is 0.521. The molecule has 0 aliphatic rings. The highest BCUT2D eigenvalue weighted by Gasteiger charge is 2.21. The van der Waals surface area contributed by atoms with Crippen molar-refractivity contribution in [3.05, 3.63) is 59.3 Å². The molecule has 0 saturated heterocycles. The topological polar surface area (TPSA) is 65.2 Å². The number of rotatable bonds is 6. The van der Waals surface area contributed by atoms with E-state index in [4.69, 9.17) is 9.26 Å². The maximum absolute atomic E-state index is 12.0. The normalized spacial score (nSPS) is 12.7. The lowest BCUT2D eigenvalue weighted by Crippen LogP contribution is -2.25. The van der Waals surface area contributed by atoms with Crippen molar-refractivity contribution in [2.75, 3.05) is 0 Å². The molecule has 1 heterocycles. The van der Waals surface area contributed by atoms with Gasteiger partial charge in [-0.15, -0.1) is 0 Å². The largest absolute Gasteiger partial charge is 0.457 e. The van der Waals surface area contributed by atoms with Gasteiger partial charge >= 0.3 is 5.97 Å². The zero-order chi connectivity index (χ0) is 18.6. The zero-order valence-electron chi connectivity index (χ0n) is 15.6. The van der Waals surface area contributed by atoms with Crippen LogP contribution in [0.4, 0.5) is 0 Å². The van der Waals surface area contributed by atoms with E-state index in [1.54, 1.807) is 0 Å². The molecule has 1 aromatic carbocycles. The summed E-state index contributed by atoms with van der Waals surface area (Å²) in [6.45, 7) is 13.4. The molecule has 25 heavy (non-hydrogen) atoms. The Morgan fingerprint density at radius 1 is 1.28 bits per heavy atom. The highest BCUT2D eigenvalue weighted by Crippen LogP contribution is 2.23. The summed E-state index contributed by atoms with van der Waals surface area (Å²) in [6, 6.07) is 8.38. The number of aromatic nitrogens is 2. The van der Waals surface area contributed by atoms with Gasteiger partial charge in [-0.2, -0.15) is 4.98 Å². The number of hydrogen-bond acceptors (Lipinski definition) is 5. The summed E-state index contributed by atoms with van der Waals surface area (Å²) in [5, 5.41) is 4.04. The molecule has 1 atom stereocenters. The van der Waals surface area contributed by atoms with Crippen molar-refractivity contribution in [1.29, 1.82) is 0 Å². The summed E-state index contributed by atoms with van der Waals surface area (Å²) < 4.78 is 10.6. The molecule has 5 nitrogen and oxygen atoms in total. The smallest absolute Gasteiger partial charge is 0.334 e. The van der Waals surface area contributed by atoms with Gasteiger partial charge in [-0.05, 0) is 38.3 Å². The minimum Gasteiger partial charge on any atom is -0.457 e. The van der Waals surface area contributed by atoms with E-state index >= 15 is 0 Å². The van der Waals surface area contributed by atoms with Crippen molar-refractivity contribution in [3.63, 3.8) is 0 Å². The molecular weight excluding hydrogens is 316 g/mol. The van der Waals surface area contributed by atoms with Crippen molar-refractivity contribution < 1.29 is 14.1 Å². The molecule has 0 radical (unpaired) electrons. The Morgan fingerprint density at radius 2 is 1.92 bits per heavy atom. The first kappa shape index (κ1) is 18.9. The molecule has 0 amide bonds. The summed E-state index contributed by atoms with van der Waals surface area (Å²) in [7, 11) is 0. The lowest BCUT2D eigenvalue weighted by atomic mass is 9.99. The second-order valence-corrected chi connectivity index (χ2v) is 7.15. The minimum absolute atomic E-state index is 0.0122. The molecule has 2 aromatic rings. The Balaban J connectivity index is 2.03. The van der Waals surface area contributed by atoms with Crippen molar-refractivity contribution >= 4 is 5.97 Å². The van der Waals surface area contributed by atoms with E-state index in [0.29, 0.717) is 17.3 Å². The van der Waals surface area contributed by atoms with E-state index < -0.39 is 11.6 Å². The van der Waals surface area contributed by atoms with Crippen LogP contribution in [0.25, 0.3) is 0 Å². The van der Waals surface area contributed by atoms with Crippen LogP contribution in [0.2, 0.25) is 0 Å². The summed E-state index contributed by atoms with van der Waals surface area (Å²) in [6.07, 6.45) is 1.19. The summed E-state index contributed by atoms with van der Waals surface area (Å²) in [4.78, 5) is 16.4. The number of ether oxygens (including phenoxy) is 1. The molecule has 0 spiro atoms. The standard InChI is InChI=1S/C20H26N2O3/c1-7-15-8-10-16(11-9-15)14(3)18-21-17(25-22-18)12-13(2)19(23)24-20(4,5)6/h8-11,14H,2,7,12H2,1,3-6H3. The third-order valence-electron chi connectivity index (χ3n) is 3.81. The van der Waals surface area contributed by atoms with Gasteiger partial charge in [-0.3, -0.25) is 0 Å². The fourth-order valence-electron chi connectivity index (χ4n) is 2.31. The monoisotopic (exact) mass is 342 g/mol. The molecule has 134 valence electrons. The van der Waals surface area contributed by atoms with E-state index in [9.17, 15) is 4.79 Å². The van der Waals surface area contributed by atoms with Gasteiger partial charge in [-0.1, -0.05) is 49.8 Å². The van der Waals surface area contributed by atoms with Crippen molar-refractivity contribution in [1.82, 2.24) is 10.1 Å². The number of carbonyl (C=O) groups is 1. The highest BCUT2D eigenvalue weighted by atomic mass is 16.6. The number of carbonyl (C=O) groups excluding carboxylic acids is 1. The predicted octanol–water partition coefficient (Wildman–Crippen LogP) is 4.22. The Hall–Kier alpha value is -2.43. The van der Waals surface area contributed by atoms with Crippen LogP contribution in [0, 0.1) is 0 Å². The van der Waals surface area contributed by atoms with Crippen LogP contribution in [0.5, 0.6) is 0 Å². The molecule has 0 bridgehead atoms. The van der Waals surface area contributed by atoms with Crippen LogP contribution < -0.4 is 0 Å². The molecule has 0 fully saturated rings. The van der Waals surface area contributed by atoms with Crippen LogP contribution in [0.1, 0.15) is 63.4 Å². The van der Waals surface area contributed by atoms with Gasteiger partial charge < -0.3 is 9.26 Å². The fourth-order valence-corrected chi connectivity index (χ4v) is 2.31. The molecule has 0 aliphatic heterocycles. The lowest BCUT2D eigenvalue weighted by molar-refractivity contribution is -0.150. The number of hydrogen-bond donors (Lipinski definition) is 0. The first-order chi connectivity index (χ1) is 11.7. The quantitative estimate of drug-likeness (QED) is 0.581. The van der Waals surface area contributed by atoms with Gasteiger partial charge in [0.15, 0.2) is 5.82 Å². The van der Waals surface area contributed by atoms with Gasteiger partial charge in [0, 0.05) is 11.5 Å². The van der Waals surface area contributed by atoms with Crippen LogP contribution in [0.3, 0.4) is 0 Å². The number of benzene rings is 1. The third kappa shape index (κ3) is 5.28. The van der Waals surface area contributed by atoms with Crippen molar-refractivity contribution in [2.24, 2.45) is 0 Å². The number of esters is 1. The highest BCUT2D eigenvalue weighted by molar-refractivity contribution is 5.88. The van der Waals surface area contributed by atoms with Gasteiger partial charge in [0.05, 0.1) is 6.42 Å². The SMILES string of the molecule is C=C(Cc1nc(C(C)c2ccc(CC)cc2)no1)C(=O)OC(C)(C)C. The molecular formula is C20H26N2O3. The summed E-state index contributed by atoms with van der Waals surface area (Å²) >= 11 is 0. The van der Waals surface area contributed by atoms with Crippen molar-refractivity contribution in [3.8, 4) is 0 Å². The number of aryl methyl sites for hydroxylation is 1. The lowest BCUT2D eigenvalue weighted by Gasteiger charge is -2.19. The maximum atomic E-state index is 12.0. The second kappa shape index (κ2) is 7.64. The Kier molecular flexibility index (Phi) is 5.77. The van der Waals surface area contributed by atoms with Crippen molar-refractivity contribution in [2.45, 2.75) is 59.0 Å². The molecule has 1 unspecified atom stereocenters. The molecule has 0 saturated carbocycles. The van der Waals surface area contributed by atoms with E-state index in [-0.39, 0.29) is 12.3 Å². The van der Waals surface area contributed by atoms with Crippen LogP contribution in [0.15, 0.2) is 40.9 Å². The van der Waals surface area contributed by atoms with Gasteiger partial charge in [-0.25, -0.2) is 4.79 Å². The third-order valence-corrected chi connectivity index (χ3v) is 3.81. The Labute approximate surface area is 149 Å². The Morgan fingerprint density at radius 3 is 2.48 bits per heavy atom. The molecule has 0 N–H and O–H groups in total.